The van der Waals surface area contributed by atoms with Crippen LogP contribution in [0.4, 0.5) is 0 Å². The minimum absolute atomic E-state index is 0. The van der Waals surface area contributed by atoms with Crippen LogP contribution in [0.25, 0.3) is 21.5 Å². The van der Waals surface area contributed by atoms with Gasteiger partial charge in [0.15, 0.2) is 0 Å². The van der Waals surface area contributed by atoms with Crippen molar-refractivity contribution in [1.29, 1.82) is 0 Å². The minimum Gasteiger partial charge on any atom is -1.00 e. The first-order valence-electron chi connectivity index (χ1n) is 9.76. The molecule has 28 heavy (non-hydrogen) atoms. The van der Waals surface area contributed by atoms with Gasteiger partial charge in [0.1, 0.15) is 0 Å². The fraction of sp³-hybridized carbons (Fsp3) is 0.480. The molecule has 3 heteroatoms. The van der Waals surface area contributed by atoms with E-state index in [2.05, 4.69) is 85.7 Å². The molecule has 0 nitrogen and oxygen atoms in total. The van der Waals surface area contributed by atoms with Crippen molar-refractivity contribution < 1.29 is 51.0 Å². The van der Waals surface area contributed by atoms with Gasteiger partial charge in [0.2, 0.25) is 0 Å². The molecule has 0 aromatic heterocycles. The van der Waals surface area contributed by atoms with Gasteiger partial charge in [-0.05, 0) is 23.7 Å². The van der Waals surface area contributed by atoms with Crippen molar-refractivity contribution in [3.63, 3.8) is 0 Å². The van der Waals surface area contributed by atoms with E-state index in [1.54, 1.807) is 0 Å². The van der Waals surface area contributed by atoms with Crippen LogP contribution in [0.3, 0.4) is 0 Å². The van der Waals surface area contributed by atoms with Crippen molar-refractivity contribution in [1.82, 2.24) is 0 Å². The molecule has 0 aliphatic carbocycles. The van der Waals surface area contributed by atoms with E-state index in [0.717, 1.165) is 12.8 Å². The molecule has 0 fully saturated rings. The summed E-state index contributed by atoms with van der Waals surface area (Å²) in [6, 6.07) is 12.2. The van der Waals surface area contributed by atoms with Crippen LogP contribution in [0.2, 0.25) is 0 Å². The number of hydrogen-bond acceptors (Lipinski definition) is 0. The molecule has 151 valence electrons. The number of rotatable bonds is 2. The maximum absolute atomic E-state index is 2.47. The number of hydrogen-bond donors (Lipinski definition) is 0. The second kappa shape index (κ2) is 9.72. The predicted molar refractivity (Wildman–Crippen MR) is 113 cm³/mol. The SMILES string of the molecule is CCc1cc2[cH-]c3cc(CC)c(C(C)(C)C)cc3c2cc1C(C)(C)C.[Cl-].[Cl-].[Zr+3]. The first kappa shape index (κ1) is 27.8. The Morgan fingerprint density at radius 3 is 1.21 bits per heavy atom. The molecule has 0 unspecified atom stereocenters. The van der Waals surface area contributed by atoms with Crippen LogP contribution in [0.15, 0.2) is 30.3 Å². The monoisotopic (exact) mass is 493 g/mol. The molecule has 0 heterocycles. The number of fused-ring (bicyclic) bond motifs is 3. The van der Waals surface area contributed by atoms with E-state index in [1.165, 1.54) is 43.8 Å². The fourth-order valence-corrected chi connectivity index (χ4v) is 4.18. The van der Waals surface area contributed by atoms with Gasteiger partial charge in [-0.3, -0.25) is 0 Å². The van der Waals surface area contributed by atoms with E-state index in [-0.39, 0.29) is 61.8 Å². The summed E-state index contributed by atoms with van der Waals surface area (Å²) < 4.78 is 0. The molecule has 0 bridgehead atoms. The second-order valence-corrected chi connectivity index (χ2v) is 9.54. The summed E-state index contributed by atoms with van der Waals surface area (Å²) in [6.45, 7) is 18.5. The van der Waals surface area contributed by atoms with Crippen molar-refractivity contribution in [3.8, 4) is 0 Å². The van der Waals surface area contributed by atoms with Gasteiger partial charge < -0.3 is 24.8 Å². The van der Waals surface area contributed by atoms with Gasteiger partial charge in [-0.1, -0.05) is 89.8 Å². The van der Waals surface area contributed by atoms with Crippen LogP contribution in [0.5, 0.6) is 0 Å². The van der Waals surface area contributed by atoms with Gasteiger partial charge in [0.25, 0.3) is 0 Å². The molecule has 0 aliphatic rings. The Morgan fingerprint density at radius 2 is 0.964 bits per heavy atom. The molecule has 3 rings (SSSR count). The van der Waals surface area contributed by atoms with E-state index < -0.39 is 0 Å². The summed E-state index contributed by atoms with van der Waals surface area (Å²) in [5.41, 5.74) is 6.32. The van der Waals surface area contributed by atoms with Crippen molar-refractivity contribution in [2.75, 3.05) is 0 Å². The van der Waals surface area contributed by atoms with E-state index in [9.17, 15) is 0 Å². The Hall–Kier alpha value is -0.227. The van der Waals surface area contributed by atoms with Gasteiger partial charge in [-0.2, -0.15) is 0 Å². The van der Waals surface area contributed by atoms with E-state index in [0.29, 0.717) is 0 Å². The zero-order valence-electron chi connectivity index (χ0n) is 18.6. The quantitative estimate of drug-likeness (QED) is 0.472. The van der Waals surface area contributed by atoms with E-state index >= 15 is 0 Å². The smallest absolute Gasteiger partial charge is 1.00 e. The number of halogens is 2. The van der Waals surface area contributed by atoms with Crippen LogP contribution in [0, 0.1) is 0 Å². The van der Waals surface area contributed by atoms with Crippen LogP contribution in [0.1, 0.15) is 77.6 Å². The molecule has 0 atom stereocenters. The molecule has 1 radical (unpaired) electrons. The molecule has 3 aromatic rings. The molecule has 0 saturated heterocycles. The van der Waals surface area contributed by atoms with Crippen molar-refractivity contribution in [3.05, 3.63) is 52.6 Å². The average Bonchev–Trinajstić information content (AvgIpc) is 2.87. The Balaban J connectivity index is 0.00000243. The Morgan fingerprint density at radius 1 is 0.643 bits per heavy atom. The molecule has 0 aliphatic heterocycles. The molecule has 0 saturated carbocycles. The Kier molecular flexibility index (Phi) is 9.64. The van der Waals surface area contributed by atoms with E-state index in [1.807, 2.05) is 0 Å². The number of benzene rings is 2. The fourth-order valence-electron chi connectivity index (χ4n) is 4.18. The summed E-state index contributed by atoms with van der Waals surface area (Å²) in [7, 11) is 0. The molecule has 3 aromatic carbocycles. The predicted octanol–water partition coefficient (Wildman–Crippen LogP) is 1.44. The van der Waals surface area contributed by atoms with Gasteiger partial charge in [-0.15, -0.1) is 39.7 Å². The molecular formula is C25H33Cl2Zr. The number of aryl methyl sites for hydroxylation is 2. The standard InChI is InChI=1S/C25H33.2ClH.Zr/c1-9-16-11-18-13-19-12-17(10-2)23(25(6,7)8)15-21(19)20(18)14-22(16)24(3,4)5;;;/h11-15H,9-10H2,1-8H3;2*1H;/q-1;;;+3/p-2. The topological polar surface area (TPSA) is 0 Å². The third kappa shape index (κ3) is 5.08. The zero-order chi connectivity index (χ0) is 18.6. The Labute approximate surface area is 203 Å². The average molecular weight is 496 g/mol. The first-order chi connectivity index (χ1) is 11.6. The van der Waals surface area contributed by atoms with Gasteiger partial charge in [0.05, 0.1) is 0 Å². The molecule has 0 spiro atoms. The third-order valence-electron chi connectivity index (χ3n) is 5.53. The van der Waals surface area contributed by atoms with Gasteiger partial charge in [0, 0.05) is 0 Å². The third-order valence-corrected chi connectivity index (χ3v) is 5.53. The minimum atomic E-state index is 0. The normalized spacial score (nSPS) is 11.7. The van der Waals surface area contributed by atoms with Crippen LogP contribution in [-0.2, 0) is 49.9 Å². The molecular weight excluding hydrogens is 462 g/mol. The summed E-state index contributed by atoms with van der Waals surface area (Å²) in [4.78, 5) is 0. The Bertz CT molecular complexity index is 861. The summed E-state index contributed by atoms with van der Waals surface area (Å²) in [5, 5.41) is 5.64. The van der Waals surface area contributed by atoms with Crippen LogP contribution >= 0.6 is 0 Å². The largest absolute Gasteiger partial charge is 3.00 e. The summed E-state index contributed by atoms with van der Waals surface area (Å²) in [6.07, 6.45) is 2.19. The van der Waals surface area contributed by atoms with Gasteiger partial charge >= 0.3 is 26.2 Å². The summed E-state index contributed by atoms with van der Waals surface area (Å²) in [5.74, 6) is 0. The molecule has 0 amide bonds. The van der Waals surface area contributed by atoms with Crippen LogP contribution in [-0.4, -0.2) is 0 Å². The van der Waals surface area contributed by atoms with Crippen molar-refractivity contribution >= 4 is 21.5 Å². The second-order valence-electron chi connectivity index (χ2n) is 9.54. The maximum atomic E-state index is 2.47. The van der Waals surface area contributed by atoms with Crippen LogP contribution < -0.4 is 24.8 Å². The van der Waals surface area contributed by atoms with E-state index in [4.69, 9.17) is 0 Å². The first-order valence-corrected chi connectivity index (χ1v) is 9.76. The van der Waals surface area contributed by atoms with Crippen molar-refractivity contribution in [2.45, 2.75) is 79.1 Å². The summed E-state index contributed by atoms with van der Waals surface area (Å²) >= 11 is 0. The van der Waals surface area contributed by atoms with Gasteiger partial charge in [-0.25, -0.2) is 0 Å². The molecule has 0 N–H and O–H groups in total. The zero-order valence-corrected chi connectivity index (χ0v) is 22.5. The maximum Gasteiger partial charge on any atom is 3.00 e. The van der Waals surface area contributed by atoms with Crippen molar-refractivity contribution in [2.24, 2.45) is 0 Å².